The number of halogens is 1. The highest BCUT2D eigenvalue weighted by atomic mass is 19.1. The lowest BCUT2D eigenvalue weighted by atomic mass is 10.0. The second-order valence-electron chi connectivity index (χ2n) is 8.76. The second-order valence-corrected chi connectivity index (χ2v) is 8.76. The van der Waals surface area contributed by atoms with E-state index in [9.17, 15) is 4.39 Å². The van der Waals surface area contributed by atoms with Crippen LogP contribution in [0.4, 0.5) is 10.1 Å². The summed E-state index contributed by atoms with van der Waals surface area (Å²) in [6.07, 6.45) is 7.21. The highest BCUT2D eigenvalue weighted by Gasteiger charge is 2.16. The Morgan fingerprint density at radius 1 is 0.829 bits per heavy atom. The molecule has 8 heteroatoms. The molecule has 0 saturated heterocycles. The predicted octanol–water partition coefficient (Wildman–Crippen LogP) is 6.19. The number of anilines is 1. The van der Waals surface area contributed by atoms with Crippen molar-refractivity contribution >= 4 is 27.8 Å². The Hall–Kier alpha value is -4.59. The fourth-order valence-electron chi connectivity index (χ4n) is 4.31. The van der Waals surface area contributed by atoms with Crippen LogP contribution in [0.3, 0.4) is 0 Å². The summed E-state index contributed by atoms with van der Waals surface area (Å²) in [6, 6.07) is 14.9. The van der Waals surface area contributed by atoms with Gasteiger partial charge in [-0.3, -0.25) is 10.1 Å². The van der Waals surface area contributed by atoms with Crippen LogP contribution in [0.5, 0.6) is 0 Å². The standard InChI is InChI=1S/C27H22FN7/c1-15(2)32-20-9-17(12-29-14-20)18-10-23-25(34-35-27(23)31-13-18)24-11-22-21(7-8-30-26(22)33-24)16-3-5-19(28)6-4-16/h3-15,32H,1-2H3,(H,30,33)(H,31,34,35). The van der Waals surface area contributed by atoms with Crippen LogP contribution in [0, 0.1) is 5.82 Å². The van der Waals surface area contributed by atoms with E-state index in [-0.39, 0.29) is 5.82 Å². The summed E-state index contributed by atoms with van der Waals surface area (Å²) in [6.45, 7) is 4.18. The number of aromatic amines is 2. The number of pyridine rings is 3. The molecule has 0 saturated carbocycles. The van der Waals surface area contributed by atoms with Crippen molar-refractivity contribution in [2.24, 2.45) is 0 Å². The zero-order chi connectivity index (χ0) is 23.9. The fourth-order valence-corrected chi connectivity index (χ4v) is 4.31. The van der Waals surface area contributed by atoms with Gasteiger partial charge in [-0.05, 0) is 61.4 Å². The van der Waals surface area contributed by atoms with E-state index in [4.69, 9.17) is 0 Å². The highest BCUT2D eigenvalue weighted by Crippen LogP contribution is 2.34. The maximum atomic E-state index is 13.4. The summed E-state index contributed by atoms with van der Waals surface area (Å²) < 4.78 is 13.4. The Labute approximate surface area is 200 Å². The third-order valence-corrected chi connectivity index (χ3v) is 5.89. The summed E-state index contributed by atoms with van der Waals surface area (Å²) in [4.78, 5) is 16.9. The van der Waals surface area contributed by atoms with Gasteiger partial charge in [0, 0.05) is 52.7 Å². The molecule has 172 valence electrons. The summed E-state index contributed by atoms with van der Waals surface area (Å²) in [5.41, 5.74) is 7.76. The zero-order valence-electron chi connectivity index (χ0n) is 19.2. The Bertz CT molecular complexity index is 1670. The molecule has 5 aromatic heterocycles. The molecule has 0 radical (unpaired) electrons. The minimum atomic E-state index is -0.263. The van der Waals surface area contributed by atoms with Crippen molar-refractivity contribution in [3.63, 3.8) is 0 Å². The quantitative estimate of drug-likeness (QED) is 0.283. The van der Waals surface area contributed by atoms with Gasteiger partial charge in [-0.2, -0.15) is 5.10 Å². The average molecular weight is 464 g/mol. The van der Waals surface area contributed by atoms with Crippen molar-refractivity contribution in [2.75, 3.05) is 5.32 Å². The van der Waals surface area contributed by atoms with Gasteiger partial charge < -0.3 is 10.3 Å². The summed E-state index contributed by atoms with van der Waals surface area (Å²) >= 11 is 0. The predicted molar refractivity (Wildman–Crippen MR) is 136 cm³/mol. The molecule has 0 fully saturated rings. The van der Waals surface area contributed by atoms with Crippen molar-refractivity contribution < 1.29 is 4.39 Å². The molecule has 0 aliphatic carbocycles. The van der Waals surface area contributed by atoms with Crippen molar-refractivity contribution in [1.82, 2.24) is 30.1 Å². The Morgan fingerprint density at radius 2 is 1.66 bits per heavy atom. The molecule has 0 unspecified atom stereocenters. The summed E-state index contributed by atoms with van der Waals surface area (Å²) in [7, 11) is 0. The highest BCUT2D eigenvalue weighted by molar-refractivity contribution is 5.99. The number of aromatic nitrogens is 6. The van der Waals surface area contributed by atoms with Crippen LogP contribution >= 0.6 is 0 Å². The molecular weight excluding hydrogens is 441 g/mol. The number of benzene rings is 1. The lowest BCUT2D eigenvalue weighted by Crippen LogP contribution is -2.09. The van der Waals surface area contributed by atoms with Crippen LogP contribution < -0.4 is 5.32 Å². The minimum absolute atomic E-state index is 0.263. The van der Waals surface area contributed by atoms with E-state index >= 15 is 0 Å². The van der Waals surface area contributed by atoms with Gasteiger partial charge in [-0.25, -0.2) is 14.4 Å². The third kappa shape index (κ3) is 3.89. The number of H-pyrrole nitrogens is 2. The topological polar surface area (TPSA) is 95.2 Å². The lowest BCUT2D eigenvalue weighted by molar-refractivity contribution is 0.628. The first kappa shape index (κ1) is 21.0. The van der Waals surface area contributed by atoms with Crippen LogP contribution in [0.15, 0.2) is 73.3 Å². The molecule has 0 amide bonds. The van der Waals surface area contributed by atoms with Crippen molar-refractivity contribution in [3.05, 3.63) is 79.1 Å². The maximum absolute atomic E-state index is 13.4. The number of nitrogens with one attached hydrogen (secondary N) is 3. The number of hydrogen-bond donors (Lipinski definition) is 3. The molecular formula is C27H22FN7. The molecule has 6 rings (SSSR count). The molecule has 35 heavy (non-hydrogen) atoms. The zero-order valence-corrected chi connectivity index (χ0v) is 19.2. The molecule has 6 aromatic rings. The first-order chi connectivity index (χ1) is 17.0. The van der Waals surface area contributed by atoms with Crippen LogP contribution in [-0.4, -0.2) is 36.2 Å². The van der Waals surface area contributed by atoms with Crippen molar-refractivity contribution in [2.45, 2.75) is 19.9 Å². The molecule has 3 N–H and O–H groups in total. The van der Waals surface area contributed by atoms with Crippen molar-refractivity contribution in [3.8, 4) is 33.6 Å². The Kier molecular flexibility index (Phi) is 4.99. The molecule has 5 heterocycles. The largest absolute Gasteiger partial charge is 0.382 e. The number of nitrogens with zero attached hydrogens (tertiary/aromatic N) is 4. The van der Waals surface area contributed by atoms with Crippen LogP contribution in [0.2, 0.25) is 0 Å². The van der Waals surface area contributed by atoms with Gasteiger partial charge in [0.25, 0.3) is 0 Å². The average Bonchev–Trinajstić information content (AvgIpc) is 3.48. The first-order valence-corrected chi connectivity index (χ1v) is 11.4. The minimum Gasteiger partial charge on any atom is -0.382 e. The van der Waals surface area contributed by atoms with Crippen molar-refractivity contribution in [1.29, 1.82) is 0 Å². The Balaban J connectivity index is 1.44. The smallest absolute Gasteiger partial charge is 0.155 e. The SMILES string of the molecule is CC(C)Nc1cncc(-c2cnc3[nH]nc(-c4cc5c(-c6ccc(F)cc6)ccnc5[nH]4)c3c2)c1. The number of fused-ring (bicyclic) bond motifs is 2. The van der Waals surface area contributed by atoms with E-state index in [2.05, 4.69) is 61.4 Å². The van der Waals surface area contributed by atoms with Gasteiger partial charge in [0.1, 0.15) is 17.2 Å². The fraction of sp³-hybridized carbons (Fsp3) is 0.111. The van der Waals surface area contributed by atoms with Crippen LogP contribution in [-0.2, 0) is 0 Å². The van der Waals surface area contributed by atoms with Gasteiger partial charge in [0.05, 0.1) is 11.4 Å². The van der Waals surface area contributed by atoms with E-state index in [1.165, 1.54) is 12.1 Å². The van der Waals surface area contributed by atoms with Gasteiger partial charge >= 0.3 is 0 Å². The third-order valence-electron chi connectivity index (χ3n) is 5.89. The molecule has 1 aromatic carbocycles. The van der Waals surface area contributed by atoms with E-state index in [1.54, 1.807) is 18.3 Å². The molecule has 7 nitrogen and oxygen atoms in total. The molecule has 0 aliphatic heterocycles. The lowest BCUT2D eigenvalue weighted by Gasteiger charge is -2.10. The first-order valence-electron chi connectivity index (χ1n) is 11.4. The summed E-state index contributed by atoms with van der Waals surface area (Å²) in [5, 5.41) is 12.8. The van der Waals surface area contributed by atoms with E-state index < -0.39 is 0 Å². The van der Waals surface area contributed by atoms with E-state index in [0.29, 0.717) is 11.7 Å². The molecule has 0 bridgehead atoms. The van der Waals surface area contributed by atoms with Gasteiger partial charge in [-0.15, -0.1) is 0 Å². The van der Waals surface area contributed by atoms with E-state index in [0.717, 1.165) is 55.7 Å². The van der Waals surface area contributed by atoms with Gasteiger partial charge in [0.2, 0.25) is 0 Å². The molecule has 0 aliphatic rings. The molecule has 0 spiro atoms. The van der Waals surface area contributed by atoms with Gasteiger partial charge in [0.15, 0.2) is 5.65 Å². The van der Waals surface area contributed by atoms with Gasteiger partial charge in [-0.1, -0.05) is 12.1 Å². The second kappa shape index (κ2) is 8.32. The normalized spacial score (nSPS) is 11.5. The number of hydrogen-bond acceptors (Lipinski definition) is 5. The summed E-state index contributed by atoms with van der Waals surface area (Å²) in [5.74, 6) is -0.263. The van der Waals surface area contributed by atoms with Crippen LogP contribution in [0.1, 0.15) is 13.8 Å². The van der Waals surface area contributed by atoms with E-state index in [1.807, 2.05) is 30.7 Å². The Morgan fingerprint density at radius 3 is 2.49 bits per heavy atom. The maximum Gasteiger partial charge on any atom is 0.155 e. The molecule has 0 atom stereocenters. The monoisotopic (exact) mass is 463 g/mol. The number of rotatable bonds is 5. The van der Waals surface area contributed by atoms with Crippen LogP contribution in [0.25, 0.3) is 55.7 Å².